The Morgan fingerprint density at radius 2 is 2.12 bits per heavy atom. The fourth-order valence-corrected chi connectivity index (χ4v) is 1.08. The number of halogens is 4. The van der Waals surface area contributed by atoms with Crippen LogP contribution in [0.5, 0.6) is 0 Å². The molecule has 0 aliphatic carbocycles. The number of rotatable bonds is 5. The first-order valence-corrected chi connectivity index (χ1v) is 4.92. The van der Waals surface area contributed by atoms with E-state index < -0.39 is 12.8 Å². The second-order valence-corrected chi connectivity index (χ2v) is 3.38. The van der Waals surface area contributed by atoms with Crippen LogP contribution >= 0.6 is 11.6 Å². The van der Waals surface area contributed by atoms with Crippen molar-refractivity contribution >= 4 is 23.1 Å². The van der Waals surface area contributed by atoms with E-state index in [0.29, 0.717) is 0 Å². The largest absolute Gasteiger partial charge is 0.411 e. The predicted molar refractivity (Wildman–Crippen MR) is 56.8 cm³/mol. The molecule has 0 saturated carbocycles. The van der Waals surface area contributed by atoms with Crippen molar-refractivity contribution in [1.29, 1.82) is 0 Å². The van der Waals surface area contributed by atoms with E-state index in [2.05, 4.69) is 20.0 Å². The molecule has 0 aromatic carbocycles. The van der Waals surface area contributed by atoms with E-state index in [1.54, 1.807) is 0 Å². The molecule has 1 aromatic heterocycles. The Kier molecular flexibility index (Phi) is 4.76. The average Bonchev–Trinajstić information content (AvgIpc) is 2.22. The zero-order chi connectivity index (χ0) is 12.9. The minimum atomic E-state index is -4.32. The molecule has 0 aliphatic heterocycles. The number of hydrogen-bond acceptors (Lipinski definition) is 5. The van der Waals surface area contributed by atoms with Crippen LogP contribution in [0.3, 0.4) is 0 Å². The van der Waals surface area contributed by atoms with Crippen molar-refractivity contribution < 1.29 is 17.9 Å². The first-order chi connectivity index (χ1) is 7.90. The molecule has 9 heteroatoms. The Hall–Kier alpha value is -1.28. The van der Waals surface area contributed by atoms with Gasteiger partial charge in [0.25, 0.3) is 0 Å². The SMILES string of the molecule is Nc1c(Cl)ncnc1NCCOCC(F)(F)F. The normalized spacial score (nSPS) is 11.5. The number of nitrogens with two attached hydrogens (primary N) is 1. The maximum absolute atomic E-state index is 11.7. The molecule has 96 valence electrons. The van der Waals surface area contributed by atoms with Gasteiger partial charge in [-0.3, -0.25) is 0 Å². The first-order valence-electron chi connectivity index (χ1n) is 4.54. The van der Waals surface area contributed by atoms with Crippen molar-refractivity contribution in [2.75, 3.05) is 30.8 Å². The molecule has 0 fully saturated rings. The molecule has 0 aliphatic rings. The summed E-state index contributed by atoms with van der Waals surface area (Å²) < 4.78 is 39.5. The zero-order valence-electron chi connectivity index (χ0n) is 8.59. The molecule has 3 N–H and O–H groups in total. The summed E-state index contributed by atoms with van der Waals surface area (Å²) >= 11 is 5.62. The van der Waals surface area contributed by atoms with Gasteiger partial charge in [0.1, 0.15) is 18.6 Å². The Morgan fingerprint density at radius 3 is 2.76 bits per heavy atom. The van der Waals surface area contributed by atoms with Crippen molar-refractivity contribution in [2.24, 2.45) is 0 Å². The third kappa shape index (κ3) is 5.05. The fraction of sp³-hybridized carbons (Fsp3) is 0.500. The highest BCUT2D eigenvalue weighted by molar-refractivity contribution is 6.32. The summed E-state index contributed by atoms with van der Waals surface area (Å²) in [7, 11) is 0. The number of nitrogens with zero attached hydrogens (tertiary/aromatic N) is 2. The van der Waals surface area contributed by atoms with Crippen molar-refractivity contribution in [3.63, 3.8) is 0 Å². The summed E-state index contributed by atoms with van der Waals surface area (Å²) in [4.78, 5) is 7.40. The number of hydrogen-bond donors (Lipinski definition) is 2. The summed E-state index contributed by atoms with van der Waals surface area (Å²) in [6.45, 7) is -1.27. The molecule has 0 atom stereocenters. The first kappa shape index (κ1) is 13.8. The van der Waals surface area contributed by atoms with Crippen LogP contribution in [-0.2, 0) is 4.74 Å². The van der Waals surface area contributed by atoms with Gasteiger partial charge in [-0.25, -0.2) is 9.97 Å². The average molecular weight is 271 g/mol. The Bertz CT molecular complexity index is 374. The summed E-state index contributed by atoms with van der Waals surface area (Å²) in [5, 5.41) is 2.77. The van der Waals surface area contributed by atoms with E-state index in [1.165, 1.54) is 6.33 Å². The molecule has 0 unspecified atom stereocenters. The number of anilines is 2. The van der Waals surface area contributed by atoms with E-state index in [0.717, 1.165) is 0 Å². The van der Waals surface area contributed by atoms with Crippen molar-refractivity contribution in [2.45, 2.75) is 6.18 Å². The minimum absolute atomic E-state index is 0.0821. The summed E-state index contributed by atoms with van der Waals surface area (Å²) in [5.41, 5.74) is 5.67. The van der Waals surface area contributed by atoms with Gasteiger partial charge in [-0.15, -0.1) is 0 Å². The van der Waals surface area contributed by atoms with E-state index in [-0.39, 0.29) is 29.8 Å². The second kappa shape index (κ2) is 5.87. The second-order valence-electron chi connectivity index (χ2n) is 3.02. The quantitative estimate of drug-likeness (QED) is 0.629. The molecule has 5 nitrogen and oxygen atoms in total. The van der Waals surface area contributed by atoms with Crippen molar-refractivity contribution in [1.82, 2.24) is 9.97 Å². The number of aromatic nitrogens is 2. The number of alkyl halides is 3. The lowest BCUT2D eigenvalue weighted by Crippen LogP contribution is -2.20. The third-order valence-corrected chi connectivity index (χ3v) is 1.94. The summed E-state index contributed by atoms with van der Waals surface area (Å²) in [6, 6.07) is 0. The number of nitrogens with one attached hydrogen (secondary N) is 1. The van der Waals surface area contributed by atoms with E-state index >= 15 is 0 Å². The standard InChI is InChI=1S/C8H10ClF3N4O/c9-6-5(13)7(16-4-15-6)14-1-2-17-3-8(10,11)12/h4H,1-3,13H2,(H,14,15,16). The molecule has 1 rings (SSSR count). The van der Waals surface area contributed by atoms with Gasteiger partial charge >= 0.3 is 6.18 Å². The van der Waals surface area contributed by atoms with Gasteiger partial charge in [0, 0.05) is 6.54 Å². The Labute approximate surface area is 100 Å². The highest BCUT2D eigenvalue weighted by Crippen LogP contribution is 2.21. The van der Waals surface area contributed by atoms with Crippen LogP contribution in [0.4, 0.5) is 24.7 Å². The topological polar surface area (TPSA) is 73.1 Å². The lowest BCUT2D eigenvalue weighted by molar-refractivity contribution is -0.172. The molecule has 1 heterocycles. The van der Waals surface area contributed by atoms with Gasteiger partial charge in [-0.2, -0.15) is 13.2 Å². The highest BCUT2D eigenvalue weighted by atomic mass is 35.5. The number of ether oxygens (including phenoxy) is 1. The molecule has 0 bridgehead atoms. The van der Waals surface area contributed by atoms with Crippen LogP contribution in [0, 0.1) is 0 Å². The van der Waals surface area contributed by atoms with Gasteiger partial charge in [0.2, 0.25) is 0 Å². The molecule has 0 spiro atoms. The minimum Gasteiger partial charge on any atom is -0.393 e. The molecular weight excluding hydrogens is 261 g/mol. The third-order valence-electron chi connectivity index (χ3n) is 1.64. The van der Waals surface area contributed by atoms with Gasteiger partial charge in [0.05, 0.1) is 6.61 Å². The van der Waals surface area contributed by atoms with Crippen LogP contribution < -0.4 is 11.1 Å². The number of nitrogen functional groups attached to an aromatic ring is 1. The lowest BCUT2D eigenvalue weighted by Gasteiger charge is -2.10. The Morgan fingerprint density at radius 1 is 1.41 bits per heavy atom. The molecule has 17 heavy (non-hydrogen) atoms. The van der Waals surface area contributed by atoms with Crippen LogP contribution in [0.2, 0.25) is 5.15 Å². The van der Waals surface area contributed by atoms with Gasteiger partial charge in [0.15, 0.2) is 11.0 Å². The van der Waals surface area contributed by atoms with Crippen LogP contribution in [-0.4, -0.2) is 35.9 Å². The van der Waals surface area contributed by atoms with E-state index in [1.807, 2.05) is 0 Å². The monoisotopic (exact) mass is 270 g/mol. The molecule has 0 radical (unpaired) electrons. The van der Waals surface area contributed by atoms with Crippen molar-refractivity contribution in [3.05, 3.63) is 11.5 Å². The lowest BCUT2D eigenvalue weighted by atomic mass is 10.5. The van der Waals surface area contributed by atoms with E-state index in [9.17, 15) is 13.2 Å². The fourth-order valence-electron chi connectivity index (χ4n) is 0.944. The van der Waals surface area contributed by atoms with Crippen LogP contribution in [0.25, 0.3) is 0 Å². The smallest absolute Gasteiger partial charge is 0.393 e. The van der Waals surface area contributed by atoms with Crippen LogP contribution in [0.15, 0.2) is 6.33 Å². The summed E-state index contributed by atoms with van der Waals surface area (Å²) in [6.07, 6.45) is -3.13. The maximum Gasteiger partial charge on any atom is 0.411 e. The van der Waals surface area contributed by atoms with Crippen molar-refractivity contribution in [3.8, 4) is 0 Å². The van der Waals surface area contributed by atoms with E-state index in [4.69, 9.17) is 17.3 Å². The molecule has 0 saturated heterocycles. The maximum atomic E-state index is 11.7. The van der Waals surface area contributed by atoms with Crippen LogP contribution in [0.1, 0.15) is 0 Å². The van der Waals surface area contributed by atoms with Gasteiger partial charge in [-0.1, -0.05) is 11.6 Å². The molecule has 1 aromatic rings. The van der Waals surface area contributed by atoms with Gasteiger partial charge in [-0.05, 0) is 0 Å². The molecular formula is C8H10ClF3N4O. The predicted octanol–water partition coefficient (Wildman–Crippen LogP) is 1.70. The van der Waals surface area contributed by atoms with Gasteiger partial charge < -0.3 is 15.8 Å². The summed E-state index contributed by atoms with van der Waals surface area (Å²) in [5.74, 6) is 0.264. The Balaban J connectivity index is 2.29. The molecule has 0 amide bonds. The zero-order valence-corrected chi connectivity index (χ0v) is 9.35. The highest BCUT2D eigenvalue weighted by Gasteiger charge is 2.27.